The number of sulfonamides is 1. The van der Waals surface area contributed by atoms with Crippen LogP contribution in [-0.4, -0.2) is 34.5 Å². The zero-order chi connectivity index (χ0) is 18.7. The van der Waals surface area contributed by atoms with Gasteiger partial charge >= 0.3 is 0 Å². The fraction of sp³-hybridized carbons (Fsp3) is 0.278. The largest absolute Gasteiger partial charge is 0.495 e. The molecular weight excluding hydrogens is 376 g/mol. The Hall–Kier alpha value is -2.09. The van der Waals surface area contributed by atoms with Gasteiger partial charge in [-0.3, -0.25) is 4.79 Å². The fourth-order valence-corrected chi connectivity index (χ4v) is 4.37. The Kier molecular flexibility index (Phi) is 5.50. The molecule has 1 N–H and O–H groups in total. The molecule has 1 fully saturated rings. The minimum absolute atomic E-state index is 0.00658. The number of nitrogens with zero attached hydrogens (tertiary/aromatic N) is 1. The number of hydrogen-bond acceptors (Lipinski definition) is 4. The molecular formula is C18H19ClN2O4S. The van der Waals surface area contributed by atoms with Gasteiger partial charge in [0.15, 0.2) is 0 Å². The average molecular weight is 395 g/mol. The van der Waals surface area contributed by atoms with E-state index in [1.165, 1.54) is 25.3 Å². The molecule has 8 heteroatoms. The first kappa shape index (κ1) is 18.7. The topological polar surface area (TPSA) is 75.7 Å². The van der Waals surface area contributed by atoms with Gasteiger partial charge in [-0.25, -0.2) is 13.1 Å². The standard InChI is InChI=1S/C18H19ClN2O4S/c1-25-17-8-7-15(10-16(17)19)26(23,24)20-11-13-9-18(22)21(12-13)14-5-3-2-4-6-14/h2-8,10,13,20H,9,11-12H2,1H3. The number of para-hydroxylation sites is 1. The van der Waals surface area contributed by atoms with Crippen LogP contribution >= 0.6 is 11.6 Å². The van der Waals surface area contributed by atoms with Gasteiger partial charge in [-0.15, -0.1) is 0 Å². The van der Waals surface area contributed by atoms with Crippen LogP contribution in [0.4, 0.5) is 5.69 Å². The second kappa shape index (κ2) is 7.65. The van der Waals surface area contributed by atoms with Crippen molar-refractivity contribution in [2.45, 2.75) is 11.3 Å². The quantitative estimate of drug-likeness (QED) is 0.817. The number of carbonyl (C=O) groups is 1. The summed E-state index contributed by atoms with van der Waals surface area (Å²) in [6, 6.07) is 13.6. The van der Waals surface area contributed by atoms with Gasteiger partial charge in [-0.1, -0.05) is 29.8 Å². The fourth-order valence-electron chi connectivity index (χ4n) is 2.90. The van der Waals surface area contributed by atoms with Crippen molar-refractivity contribution in [3.63, 3.8) is 0 Å². The average Bonchev–Trinajstić information content (AvgIpc) is 3.01. The molecule has 3 rings (SSSR count). The van der Waals surface area contributed by atoms with E-state index in [1.807, 2.05) is 30.3 Å². The molecule has 0 spiro atoms. The highest BCUT2D eigenvalue weighted by Crippen LogP contribution is 2.28. The first-order chi connectivity index (χ1) is 12.4. The van der Waals surface area contributed by atoms with Crippen LogP contribution in [-0.2, 0) is 14.8 Å². The van der Waals surface area contributed by atoms with E-state index in [1.54, 1.807) is 4.90 Å². The van der Waals surface area contributed by atoms with Crippen molar-refractivity contribution in [2.75, 3.05) is 25.1 Å². The number of ether oxygens (including phenoxy) is 1. The van der Waals surface area contributed by atoms with E-state index in [4.69, 9.17) is 16.3 Å². The Labute approximate surface area is 157 Å². The monoisotopic (exact) mass is 394 g/mol. The summed E-state index contributed by atoms with van der Waals surface area (Å²) >= 11 is 6.00. The molecule has 0 aromatic heterocycles. The predicted octanol–water partition coefficient (Wildman–Crippen LogP) is 2.68. The Morgan fingerprint density at radius 3 is 2.62 bits per heavy atom. The van der Waals surface area contributed by atoms with E-state index in [0.717, 1.165) is 5.69 Å². The Morgan fingerprint density at radius 1 is 1.23 bits per heavy atom. The van der Waals surface area contributed by atoms with E-state index in [0.29, 0.717) is 18.7 Å². The summed E-state index contributed by atoms with van der Waals surface area (Å²) in [5.41, 5.74) is 0.824. The van der Waals surface area contributed by atoms with Crippen LogP contribution in [0.1, 0.15) is 6.42 Å². The van der Waals surface area contributed by atoms with Crippen molar-refractivity contribution in [1.82, 2.24) is 4.72 Å². The SMILES string of the molecule is COc1ccc(S(=O)(=O)NCC2CC(=O)N(c3ccccc3)C2)cc1Cl. The van der Waals surface area contributed by atoms with Gasteiger partial charge in [0.25, 0.3) is 0 Å². The summed E-state index contributed by atoms with van der Waals surface area (Å²) in [4.78, 5) is 14.0. The number of benzene rings is 2. The van der Waals surface area contributed by atoms with Crippen molar-refractivity contribution in [1.29, 1.82) is 0 Å². The molecule has 1 unspecified atom stereocenters. The summed E-state index contributed by atoms with van der Waals surface area (Å²) in [5.74, 6) is 0.310. The van der Waals surface area contributed by atoms with Crippen LogP contribution in [0.2, 0.25) is 5.02 Å². The Morgan fingerprint density at radius 2 is 1.96 bits per heavy atom. The molecule has 1 heterocycles. The van der Waals surface area contributed by atoms with Crippen molar-refractivity contribution < 1.29 is 17.9 Å². The van der Waals surface area contributed by atoms with E-state index in [-0.39, 0.29) is 28.3 Å². The molecule has 1 aliphatic heterocycles. The summed E-state index contributed by atoms with van der Waals surface area (Å²) in [5, 5.41) is 0.224. The van der Waals surface area contributed by atoms with Crippen molar-refractivity contribution in [3.8, 4) is 5.75 Å². The molecule has 1 saturated heterocycles. The highest BCUT2D eigenvalue weighted by molar-refractivity contribution is 7.89. The Bertz CT molecular complexity index is 903. The van der Waals surface area contributed by atoms with Gasteiger partial charge in [0.2, 0.25) is 15.9 Å². The third kappa shape index (κ3) is 4.00. The lowest BCUT2D eigenvalue weighted by atomic mass is 10.1. The summed E-state index contributed by atoms with van der Waals surface area (Å²) in [6.45, 7) is 0.662. The van der Waals surface area contributed by atoms with Crippen molar-refractivity contribution >= 4 is 33.2 Å². The molecule has 1 atom stereocenters. The lowest BCUT2D eigenvalue weighted by molar-refractivity contribution is -0.117. The number of amides is 1. The highest BCUT2D eigenvalue weighted by atomic mass is 35.5. The molecule has 2 aromatic carbocycles. The first-order valence-corrected chi connectivity index (χ1v) is 9.95. The van der Waals surface area contributed by atoms with E-state index >= 15 is 0 Å². The molecule has 26 heavy (non-hydrogen) atoms. The highest BCUT2D eigenvalue weighted by Gasteiger charge is 2.31. The third-order valence-electron chi connectivity index (χ3n) is 4.27. The predicted molar refractivity (Wildman–Crippen MR) is 100 cm³/mol. The summed E-state index contributed by atoms with van der Waals surface area (Å²) in [6.07, 6.45) is 0.306. The molecule has 138 valence electrons. The number of nitrogens with one attached hydrogen (secondary N) is 1. The summed E-state index contributed by atoms with van der Waals surface area (Å²) < 4.78 is 32.5. The molecule has 2 aromatic rings. The van der Waals surface area contributed by atoms with Crippen LogP contribution in [0.3, 0.4) is 0 Å². The molecule has 0 aliphatic carbocycles. The minimum atomic E-state index is -3.71. The van der Waals surface area contributed by atoms with Gasteiger partial charge in [-0.2, -0.15) is 0 Å². The van der Waals surface area contributed by atoms with Crippen molar-refractivity contribution in [2.24, 2.45) is 5.92 Å². The molecule has 1 amide bonds. The van der Waals surface area contributed by atoms with Crippen LogP contribution in [0, 0.1) is 5.92 Å². The molecule has 6 nitrogen and oxygen atoms in total. The number of hydrogen-bond donors (Lipinski definition) is 1. The zero-order valence-corrected chi connectivity index (χ0v) is 15.8. The number of anilines is 1. The van der Waals surface area contributed by atoms with Gasteiger partial charge in [0.1, 0.15) is 5.75 Å². The van der Waals surface area contributed by atoms with Gasteiger partial charge in [-0.05, 0) is 36.2 Å². The van der Waals surface area contributed by atoms with E-state index in [2.05, 4.69) is 4.72 Å². The van der Waals surface area contributed by atoms with Crippen LogP contribution in [0.25, 0.3) is 0 Å². The smallest absolute Gasteiger partial charge is 0.240 e. The maximum Gasteiger partial charge on any atom is 0.240 e. The van der Waals surface area contributed by atoms with Gasteiger partial charge in [0, 0.05) is 25.2 Å². The van der Waals surface area contributed by atoms with E-state index < -0.39 is 10.0 Å². The molecule has 0 radical (unpaired) electrons. The Balaban J connectivity index is 1.65. The van der Waals surface area contributed by atoms with Crippen molar-refractivity contribution in [3.05, 3.63) is 53.6 Å². The van der Waals surface area contributed by atoms with Gasteiger partial charge in [0.05, 0.1) is 17.0 Å². The number of methoxy groups -OCH3 is 1. The number of rotatable bonds is 6. The maximum atomic E-state index is 12.5. The first-order valence-electron chi connectivity index (χ1n) is 8.09. The molecule has 0 bridgehead atoms. The lowest BCUT2D eigenvalue weighted by Gasteiger charge is -2.17. The second-order valence-corrected chi connectivity index (χ2v) is 8.23. The normalized spacial score (nSPS) is 17.5. The number of carbonyl (C=O) groups excluding carboxylic acids is 1. The van der Waals surface area contributed by atoms with Gasteiger partial charge < -0.3 is 9.64 Å². The zero-order valence-electron chi connectivity index (χ0n) is 14.2. The summed E-state index contributed by atoms with van der Waals surface area (Å²) in [7, 11) is -2.25. The van der Waals surface area contributed by atoms with Crippen LogP contribution in [0.5, 0.6) is 5.75 Å². The second-order valence-electron chi connectivity index (χ2n) is 6.06. The molecule has 0 saturated carbocycles. The van der Waals surface area contributed by atoms with E-state index in [9.17, 15) is 13.2 Å². The van der Waals surface area contributed by atoms with Crippen LogP contribution in [0.15, 0.2) is 53.4 Å². The number of halogens is 1. The third-order valence-corrected chi connectivity index (χ3v) is 5.99. The molecule has 1 aliphatic rings. The van der Waals surface area contributed by atoms with Crippen LogP contribution < -0.4 is 14.4 Å². The maximum absolute atomic E-state index is 12.5. The minimum Gasteiger partial charge on any atom is -0.495 e. The lowest BCUT2D eigenvalue weighted by Crippen LogP contribution is -2.31.